The van der Waals surface area contributed by atoms with Crippen LogP contribution in [-0.4, -0.2) is 43.5 Å². The average molecular weight is 345 g/mol. The molecule has 3 rings (SSSR count). The molecule has 0 aromatic heterocycles. The minimum absolute atomic E-state index is 0.0652. The maximum absolute atomic E-state index is 12.3. The lowest BCUT2D eigenvalue weighted by atomic mass is 10.1. The number of hydrogen-bond acceptors (Lipinski definition) is 4. The lowest BCUT2D eigenvalue weighted by Gasteiger charge is -2.18. The molecule has 0 aliphatic carbocycles. The summed E-state index contributed by atoms with van der Waals surface area (Å²) in [5.74, 6) is -0.650. The van der Waals surface area contributed by atoms with Gasteiger partial charge in [-0.3, -0.25) is 14.4 Å². The number of nitrogens with zero attached hydrogens (tertiary/aromatic N) is 1. The van der Waals surface area contributed by atoms with Crippen molar-refractivity contribution in [1.82, 2.24) is 5.32 Å². The first-order valence-electron chi connectivity index (χ1n) is 8.60. The first-order valence-corrected chi connectivity index (χ1v) is 8.60. The van der Waals surface area contributed by atoms with E-state index in [9.17, 15) is 14.4 Å². The molecular formula is C18H23N3O4. The Bertz CT molecular complexity index is 653. The van der Waals surface area contributed by atoms with Crippen LogP contribution in [0, 0.1) is 5.92 Å². The summed E-state index contributed by atoms with van der Waals surface area (Å²) in [5, 5.41) is 5.59. The molecule has 2 heterocycles. The summed E-state index contributed by atoms with van der Waals surface area (Å²) in [5.41, 5.74) is 1.40. The van der Waals surface area contributed by atoms with Crippen LogP contribution in [-0.2, 0) is 19.1 Å². The molecular weight excluding hydrogens is 322 g/mol. The minimum Gasteiger partial charge on any atom is -0.376 e. The molecule has 7 heteroatoms. The normalized spacial score (nSPS) is 22.9. The molecule has 0 radical (unpaired) electrons. The van der Waals surface area contributed by atoms with E-state index in [1.54, 1.807) is 29.2 Å². The molecule has 0 bridgehead atoms. The Morgan fingerprint density at radius 3 is 2.68 bits per heavy atom. The standard InChI is InChI=1S/C18H23N3O4/c1-12(22)20-14-4-6-15(7-5-14)21-11-13(9-17(21)23)18(24)19-10-16-3-2-8-25-16/h4-7,13,16H,2-3,8-11H2,1H3,(H,19,24)(H,20,22)/t13-,16+/m1/s1. The van der Waals surface area contributed by atoms with Crippen LogP contribution in [0.25, 0.3) is 0 Å². The van der Waals surface area contributed by atoms with Crippen LogP contribution in [0.15, 0.2) is 24.3 Å². The van der Waals surface area contributed by atoms with E-state index in [1.807, 2.05) is 0 Å². The van der Waals surface area contributed by atoms with Gasteiger partial charge in [-0.2, -0.15) is 0 Å². The van der Waals surface area contributed by atoms with Crippen molar-refractivity contribution in [3.63, 3.8) is 0 Å². The average Bonchev–Trinajstić information content (AvgIpc) is 3.22. The summed E-state index contributed by atoms with van der Waals surface area (Å²) in [6, 6.07) is 7.04. The second kappa shape index (κ2) is 7.65. The van der Waals surface area contributed by atoms with Crippen LogP contribution in [0.4, 0.5) is 11.4 Å². The summed E-state index contributed by atoms with van der Waals surface area (Å²) in [6.45, 7) is 3.08. The Labute approximate surface area is 146 Å². The van der Waals surface area contributed by atoms with E-state index in [0.29, 0.717) is 18.8 Å². The van der Waals surface area contributed by atoms with Crippen molar-refractivity contribution in [2.24, 2.45) is 5.92 Å². The molecule has 2 saturated heterocycles. The van der Waals surface area contributed by atoms with E-state index < -0.39 is 0 Å². The van der Waals surface area contributed by atoms with Crippen molar-refractivity contribution >= 4 is 29.1 Å². The topological polar surface area (TPSA) is 87.7 Å². The van der Waals surface area contributed by atoms with Gasteiger partial charge in [-0.15, -0.1) is 0 Å². The molecule has 2 N–H and O–H groups in total. The molecule has 0 spiro atoms. The highest BCUT2D eigenvalue weighted by Gasteiger charge is 2.35. The maximum Gasteiger partial charge on any atom is 0.227 e. The fourth-order valence-electron chi connectivity index (χ4n) is 3.22. The van der Waals surface area contributed by atoms with Crippen LogP contribution in [0.2, 0.25) is 0 Å². The number of hydrogen-bond donors (Lipinski definition) is 2. The van der Waals surface area contributed by atoms with Gasteiger partial charge < -0.3 is 20.3 Å². The Balaban J connectivity index is 1.56. The highest BCUT2D eigenvalue weighted by atomic mass is 16.5. The zero-order chi connectivity index (χ0) is 17.8. The SMILES string of the molecule is CC(=O)Nc1ccc(N2C[C@H](C(=O)NC[C@@H]3CCCO3)CC2=O)cc1. The molecule has 25 heavy (non-hydrogen) atoms. The maximum atomic E-state index is 12.3. The van der Waals surface area contributed by atoms with E-state index in [2.05, 4.69) is 10.6 Å². The molecule has 134 valence electrons. The van der Waals surface area contributed by atoms with E-state index in [4.69, 9.17) is 4.74 Å². The van der Waals surface area contributed by atoms with Gasteiger partial charge in [0.25, 0.3) is 0 Å². The number of amides is 3. The first-order chi connectivity index (χ1) is 12.0. The quantitative estimate of drug-likeness (QED) is 0.842. The van der Waals surface area contributed by atoms with E-state index in [1.165, 1.54) is 6.92 Å². The van der Waals surface area contributed by atoms with Gasteiger partial charge in [-0.1, -0.05) is 0 Å². The van der Waals surface area contributed by atoms with Gasteiger partial charge in [-0.25, -0.2) is 0 Å². The smallest absolute Gasteiger partial charge is 0.227 e. The summed E-state index contributed by atoms with van der Waals surface area (Å²) < 4.78 is 5.49. The molecule has 1 aromatic carbocycles. The fraction of sp³-hybridized carbons (Fsp3) is 0.500. The summed E-state index contributed by atoms with van der Waals surface area (Å²) >= 11 is 0. The highest BCUT2D eigenvalue weighted by molar-refractivity contribution is 6.00. The Hall–Kier alpha value is -2.41. The second-order valence-electron chi connectivity index (χ2n) is 6.51. The van der Waals surface area contributed by atoms with Crippen LogP contribution in [0.5, 0.6) is 0 Å². The molecule has 3 amide bonds. The van der Waals surface area contributed by atoms with Crippen molar-refractivity contribution in [2.45, 2.75) is 32.3 Å². The monoisotopic (exact) mass is 345 g/mol. The molecule has 2 aliphatic heterocycles. The Morgan fingerprint density at radius 1 is 1.28 bits per heavy atom. The number of rotatable bonds is 5. The van der Waals surface area contributed by atoms with Crippen molar-refractivity contribution < 1.29 is 19.1 Å². The van der Waals surface area contributed by atoms with Crippen molar-refractivity contribution in [3.05, 3.63) is 24.3 Å². The summed E-state index contributed by atoms with van der Waals surface area (Å²) in [6.07, 6.45) is 2.31. The van der Waals surface area contributed by atoms with Gasteiger partial charge in [0.2, 0.25) is 17.7 Å². The number of ether oxygens (including phenoxy) is 1. The fourth-order valence-corrected chi connectivity index (χ4v) is 3.22. The van der Waals surface area contributed by atoms with Crippen LogP contribution in [0.3, 0.4) is 0 Å². The number of benzene rings is 1. The lowest BCUT2D eigenvalue weighted by Crippen LogP contribution is -2.37. The number of carbonyl (C=O) groups excluding carboxylic acids is 3. The predicted molar refractivity (Wildman–Crippen MR) is 93.2 cm³/mol. The first kappa shape index (κ1) is 17.4. The van der Waals surface area contributed by atoms with Crippen LogP contribution >= 0.6 is 0 Å². The molecule has 0 unspecified atom stereocenters. The summed E-state index contributed by atoms with van der Waals surface area (Å²) in [7, 11) is 0. The number of carbonyl (C=O) groups is 3. The van der Waals surface area contributed by atoms with E-state index >= 15 is 0 Å². The number of anilines is 2. The van der Waals surface area contributed by atoms with Gasteiger partial charge in [-0.05, 0) is 37.1 Å². The van der Waals surface area contributed by atoms with E-state index in [-0.39, 0.29) is 36.2 Å². The molecule has 2 aliphatic rings. The highest BCUT2D eigenvalue weighted by Crippen LogP contribution is 2.26. The second-order valence-corrected chi connectivity index (χ2v) is 6.51. The third-order valence-electron chi connectivity index (χ3n) is 4.52. The molecule has 7 nitrogen and oxygen atoms in total. The van der Waals surface area contributed by atoms with Gasteiger partial charge >= 0.3 is 0 Å². The molecule has 2 fully saturated rings. The summed E-state index contributed by atoms with van der Waals surface area (Å²) in [4.78, 5) is 37.2. The molecule has 0 saturated carbocycles. The van der Waals surface area contributed by atoms with Gasteiger partial charge in [0.05, 0.1) is 12.0 Å². The van der Waals surface area contributed by atoms with Crippen molar-refractivity contribution in [1.29, 1.82) is 0 Å². The Morgan fingerprint density at radius 2 is 2.04 bits per heavy atom. The third kappa shape index (κ3) is 4.36. The van der Waals surface area contributed by atoms with Crippen molar-refractivity contribution in [3.8, 4) is 0 Å². The largest absolute Gasteiger partial charge is 0.376 e. The van der Waals surface area contributed by atoms with Crippen molar-refractivity contribution in [2.75, 3.05) is 29.9 Å². The zero-order valence-corrected chi connectivity index (χ0v) is 14.3. The van der Waals surface area contributed by atoms with Gasteiger partial charge in [0.15, 0.2) is 0 Å². The number of nitrogens with one attached hydrogen (secondary N) is 2. The third-order valence-corrected chi connectivity index (χ3v) is 4.52. The zero-order valence-electron chi connectivity index (χ0n) is 14.3. The molecule has 2 atom stereocenters. The molecule has 1 aromatic rings. The van der Waals surface area contributed by atoms with E-state index in [0.717, 1.165) is 25.1 Å². The van der Waals surface area contributed by atoms with Crippen LogP contribution < -0.4 is 15.5 Å². The van der Waals surface area contributed by atoms with Gasteiger partial charge in [0, 0.05) is 44.4 Å². The van der Waals surface area contributed by atoms with Gasteiger partial charge in [0.1, 0.15) is 0 Å². The lowest BCUT2D eigenvalue weighted by molar-refractivity contribution is -0.126. The Kier molecular flexibility index (Phi) is 5.33. The van der Waals surface area contributed by atoms with Crippen LogP contribution in [0.1, 0.15) is 26.2 Å². The predicted octanol–water partition coefficient (Wildman–Crippen LogP) is 1.29. The minimum atomic E-state index is -0.344.